The van der Waals surface area contributed by atoms with E-state index in [9.17, 15) is 36.6 Å². The van der Waals surface area contributed by atoms with Crippen LogP contribution in [0.5, 0.6) is 0 Å². The van der Waals surface area contributed by atoms with Crippen molar-refractivity contribution in [2.75, 3.05) is 64.6 Å². The van der Waals surface area contributed by atoms with Gasteiger partial charge in [-0.15, -0.1) is 0 Å². The lowest BCUT2D eigenvalue weighted by Gasteiger charge is -2.37. The van der Waals surface area contributed by atoms with Crippen LogP contribution in [0, 0.1) is 13.8 Å². The van der Waals surface area contributed by atoms with E-state index >= 15 is 0 Å². The van der Waals surface area contributed by atoms with Gasteiger partial charge in [0.1, 0.15) is 16.5 Å². The van der Waals surface area contributed by atoms with Crippen LogP contribution in [0.2, 0.25) is 0 Å². The van der Waals surface area contributed by atoms with Crippen molar-refractivity contribution in [1.82, 2.24) is 48.8 Å². The van der Waals surface area contributed by atoms with Gasteiger partial charge < -0.3 is 40.6 Å². The average Bonchev–Trinajstić information content (AvgIpc) is 4.31. The summed E-state index contributed by atoms with van der Waals surface area (Å²) in [6, 6.07) is 14.4. The van der Waals surface area contributed by atoms with Crippen LogP contribution >= 0.6 is 0 Å². The molecule has 6 N–H and O–H groups in total. The summed E-state index contributed by atoms with van der Waals surface area (Å²) >= 11 is 0. The molecule has 0 aliphatic heterocycles. The highest BCUT2D eigenvalue weighted by molar-refractivity contribution is 7.91. The quantitative estimate of drug-likeness (QED) is 0.0711. The summed E-state index contributed by atoms with van der Waals surface area (Å²) in [5.41, 5.74) is 19.0. The first kappa shape index (κ1) is 57.1. The van der Waals surface area contributed by atoms with Gasteiger partial charge in [0.05, 0.1) is 78.9 Å². The number of aliphatic carboxylic acids is 2. The maximum atomic E-state index is 12.9. The van der Waals surface area contributed by atoms with Crippen molar-refractivity contribution in [1.29, 1.82) is 0 Å². The van der Waals surface area contributed by atoms with Gasteiger partial charge in [0.25, 0.3) is 0 Å². The fraction of sp³-hybridized carbons (Fsp3) is 0.407. The Hall–Kier alpha value is -7.62. The van der Waals surface area contributed by atoms with Crippen LogP contribution in [0.1, 0.15) is 85.7 Å². The molecule has 0 bridgehead atoms. The molecule has 0 saturated heterocycles. The van der Waals surface area contributed by atoms with Gasteiger partial charge in [-0.05, 0) is 102 Å². The molecule has 26 heteroatoms. The molecule has 6 heterocycles. The zero-order valence-electron chi connectivity index (χ0n) is 45.1. The Balaban J connectivity index is 0.000000196. The number of hydrogen-bond donors (Lipinski definition) is 4. The monoisotopic (exact) mass is 1140 g/mol. The predicted molar refractivity (Wildman–Crippen MR) is 294 cm³/mol. The SMILES string of the molecule is COCCOC1(C(=O)O)CCC(c2nc3c(-c4cnn(-c5ccc(C)cc5)c4)cnn3c(N)c2C)CC1.COCCOC1(C(=O)O)CCC(c2nc3c(-c4cnn(-c5ccc(S(C)(=O)=O)cc5)c4)cnn3c(N)c2S(C)(=O)=O)CC1. The fourth-order valence-corrected chi connectivity index (χ4v) is 12.2. The van der Waals surface area contributed by atoms with Crippen molar-refractivity contribution in [2.45, 2.75) is 98.0 Å². The molecule has 2 aliphatic carbocycles. The van der Waals surface area contributed by atoms with Crippen LogP contribution in [-0.4, -0.2) is 152 Å². The number of ether oxygens (including phenoxy) is 4. The summed E-state index contributed by atoms with van der Waals surface area (Å²) in [6.45, 7) is 4.97. The van der Waals surface area contributed by atoms with E-state index < -0.39 is 48.7 Å². The molecule has 0 atom stereocenters. The predicted octanol–water partition coefficient (Wildman–Crippen LogP) is 6.04. The number of nitrogens with two attached hydrogens (primary N) is 2. The lowest BCUT2D eigenvalue weighted by atomic mass is 9.76. The molecule has 0 radical (unpaired) electrons. The Morgan fingerprint density at radius 2 is 1.02 bits per heavy atom. The number of aryl methyl sites for hydroxylation is 1. The van der Waals surface area contributed by atoms with E-state index in [1.807, 2.05) is 29.9 Å². The first-order valence-electron chi connectivity index (χ1n) is 25.8. The number of carboxylic acids is 2. The van der Waals surface area contributed by atoms with E-state index in [2.05, 4.69) is 39.5 Å². The molecule has 10 rings (SSSR count). The highest BCUT2D eigenvalue weighted by atomic mass is 32.2. The van der Waals surface area contributed by atoms with Crippen molar-refractivity contribution in [3.05, 3.63) is 108 Å². The van der Waals surface area contributed by atoms with Gasteiger partial charge in [-0.1, -0.05) is 17.7 Å². The van der Waals surface area contributed by atoms with E-state index in [1.54, 1.807) is 53.2 Å². The lowest BCUT2D eigenvalue weighted by Crippen LogP contribution is -2.45. The molecule has 0 amide bonds. The third-order valence-corrected chi connectivity index (χ3v) is 17.4. The zero-order chi connectivity index (χ0) is 57.3. The van der Waals surface area contributed by atoms with E-state index in [0.717, 1.165) is 40.6 Å². The molecule has 424 valence electrons. The van der Waals surface area contributed by atoms with Crippen LogP contribution in [0.4, 0.5) is 11.6 Å². The largest absolute Gasteiger partial charge is 0.479 e. The normalized spacial score (nSPS) is 19.7. The topological polar surface area (TPSA) is 328 Å². The van der Waals surface area contributed by atoms with E-state index in [-0.39, 0.29) is 59.9 Å². The Morgan fingerprint density at radius 3 is 1.45 bits per heavy atom. The number of carbonyl (C=O) groups is 2. The lowest BCUT2D eigenvalue weighted by molar-refractivity contribution is -0.173. The van der Waals surface area contributed by atoms with Crippen molar-refractivity contribution in [3.8, 4) is 33.6 Å². The average molecular weight is 1140 g/mol. The van der Waals surface area contributed by atoms with E-state index in [0.29, 0.717) is 79.1 Å². The molecular formula is C54H64N12O12S2. The number of nitrogens with zero attached hydrogens (tertiary/aromatic N) is 10. The van der Waals surface area contributed by atoms with Crippen LogP contribution in [0.25, 0.3) is 44.9 Å². The first-order chi connectivity index (χ1) is 38.1. The number of fused-ring (bicyclic) bond motifs is 2. The molecule has 2 aromatic carbocycles. The maximum Gasteiger partial charge on any atom is 0.335 e. The summed E-state index contributed by atoms with van der Waals surface area (Å²) in [5.74, 6) is -1.88. The minimum atomic E-state index is -3.84. The molecule has 80 heavy (non-hydrogen) atoms. The summed E-state index contributed by atoms with van der Waals surface area (Å²) in [7, 11) is -4.12. The maximum absolute atomic E-state index is 12.9. The number of rotatable bonds is 18. The fourth-order valence-electron chi connectivity index (χ4n) is 10.5. The molecule has 2 fully saturated rings. The summed E-state index contributed by atoms with van der Waals surface area (Å²) in [5, 5.41) is 37.6. The van der Waals surface area contributed by atoms with Crippen LogP contribution in [0.15, 0.2) is 95.5 Å². The molecule has 2 saturated carbocycles. The standard InChI is InChI=1S/C27H32N6O8S2.C27H32N6O4/c1-40-12-13-41-27(26(34)35)10-8-17(9-11-27)22-23(43(3,38)39)24(28)33-25(31-22)21(15-30-33)18-14-29-32(16-18)19-4-6-20(7-5-19)42(2,36)37;1-17-4-6-21(7-5-17)32-16-20(14-29-32)22-15-30-33-24(28)18(2)23(31-25(22)33)19-8-10-27(11-9-19,26(34)35)37-13-12-36-3/h4-7,14-17H,8-13,28H2,1-3H3,(H,34,35);4-7,14-16,19H,8-13,28H2,1-3H3,(H,34,35). The minimum absolute atomic E-state index is 0.0730. The summed E-state index contributed by atoms with van der Waals surface area (Å²) in [6.07, 6.45) is 15.5. The van der Waals surface area contributed by atoms with Crippen LogP contribution in [0.3, 0.4) is 0 Å². The van der Waals surface area contributed by atoms with Gasteiger partial charge in [-0.25, -0.2) is 45.8 Å². The first-order valence-corrected chi connectivity index (χ1v) is 29.6. The third kappa shape index (κ3) is 11.4. The third-order valence-electron chi connectivity index (χ3n) is 15.1. The molecule has 6 aromatic heterocycles. The number of anilines is 2. The molecule has 0 unspecified atom stereocenters. The van der Waals surface area contributed by atoms with Crippen molar-refractivity contribution < 1.29 is 55.6 Å². The van der Waals surface area contributed by atoms with Gasteiger partial charge in [-0.3, -0.25) is 0 Å². The number of sulfone groups is 2. The number of benzene rings is 2. The van der Waals surface area contributed by atoms with Gasteiger partial charge in [0.2, 0.25) is 0 Å². The van der Waals surface area contributed by atoms with Gasteiger partial charge in [0, 0.05) is 78.8 Å². The number of nitrogen functional groups attached to an aromatic ring is 2. The van der Waals surface area contributed by atoms with Gasteiger partial charge in [0.15, 0.2) is 42.2 Å². The Bertz CT molecular complexity index is 3800. The van der Waals surface area contributed by atoms with E-state index in [4.69, 9.17) is 40.4 Å². The highest BCUT2D eigenvalue weighted by Gasteiger charge is 2.46. The molecular weight excluding hydrogens is 1070 g/mol. The van der Waals surface area contributed by atoms with Gasteiger partial charge in [-0.2, -0.15) is 29.4 Å². The number of hydrogen-bond acceptors (Lipinski definition) is 18. The summed E-state index contributed by atoms with van der Waals surface area (Å²) in [4.78, 5) is 34.1. The van der Waals surface area contributed by atoms with Crippen molar-refractivity contribution >= 4 is 54.5 Å². The van der Waals surface area contributed by atoms with Crippen LogP contribution in [-0.2, 0) is 48.2 Å². The smallest absolute Gasteiger partial charge is 0.335 e. The number of carboxylic acid groups (broad SMARTS) is 2. The van der Waals surface area contributed by atoms with Crippen molar-refractivity contribution in [2.24, 2.45) is 0 Å². The molecule has 2 aliphatic rings. The molecule has 0 spiro atoms. The number of aromatic nitrogens is 10. The summed E-state index contributed by atoms with van der Waals surface area (Å²) < 4.78 is 77.4. The Morgan fingerprint density at radius 1 is 0.600 bits per heavy atom. The highest BCUT2D eigenvalue weighted by Crippen LogP contribution is 2.45. The Labute approximate surface area is 461 Å². The second-order valence-electron chi connectivity index (χ2n) is 20.4. The van der Waals surface area contributed by atoms with Crippen molar-refractivity contribution in [3.63, 3.8) is 0 Å². The van der Waals surface area contributed by atoms with Gasteiger partial charge >= 0.3 is 11.9 Å². The molecule has 8 aromatic rings. The van der Waals surface area contributed by atoms with Crippen LogP contribution < -0.4 is 11.5 Å². The second kappa shape index (κ2) is 22.9. The van der Waals surface area contributed by atoms with E-state index in [1.165, 1.54) is 35.5 Å². The second-order valence-corrected chi connectivity index (χ2v) is 24.3. The zero-order valence-corrected chi connectivity index (χ0v) is 46.8. The Kier molecular flexibility index (Phi) is 16.3. The minimum Gasteiger partial charge on any atom is -0.479 e. The number of methoxy groups -OCH3 is 2. The molecule has 24 nitrogen and oxygen atoms in total.